The second-order valence-corrected chi connectivity index (χ2v) is 7.41. The minimum atomic E-state index is -0.467. The number of Topliss-reactive ketones (excluding diaryl/α,β-unsaturated/α-hetero) is 1. The van der Waals surface area contributed by atoms with E-state index in [9.17, 15) is 9.59 Å². The Morgan fingerprint density at radius 2 is 1.94 bits per heavy atom. The Labute approximate surface area is 188 Å². The molecule has 0 fully saturated rings. The molecule has 1 aromatic carbocycles. The van der Waals surface area contributed by atoms with Crippen molar-refractivity contribution in [2.24, 2.45) is 0 Å². The molecule has 156 valence electrons. The fourth-order valence-corrected chi connectivity index (χ4v) is 3.41. The van der Waals surface area contributed by atoms with Crippen LogP contribution in [-0.4, -0.2) is 52.4 Å². The summed E-state index contributed by atoms with van der Waals surface area (Å²) in [4.78, 5) is 29.9. The highest BCUT2D eigenvalue weighted by Crippen LogP contribution is 2.29. The molecule has 2 aromatic heterocycles. The highest BCUT2D eigenvalue weighted by atomic mass is 79.9. The summed E-state index contributed by atoms with van der Waals surface area (Å²) >= 11 is 3.24. The van der Waals surface area contributed by atoms with E-state index in [0.29, 0.717) is 22.2 Å². The zero-order chi connectivity index (χ0) is 22.5. The second-order valence-electron chi connectivity index (χ2n) is 6.85. The SMILES string of the molecule is Cc1c(C(=O)CBr)c2ncc(C#CCOC(=O)N(C)C)cc2n1-c1ccc(C#N)cc1. The number of benzene rings is 1. The molecule has 0 unspecified atom stereocenters. The van der Waals surface area contributed by atoms with Gasteiger partial charge in [0.15, 0.2) is 12.4 Å². The molecule has 0 atom stereocenters. The van der Waals surface area contributed by atoms with Gasteiger partial charge < -0.3 is 14.2 Å². The van der Waals surface area contributed by atoms with E-state index in [2.05, 4.69) is 38.8 Å². The average Bonchev–Trinajstić information content (AvgIpc) is 3.07. The Hall–Kier alpha value is -3.62. The molecule has 31 heavy (non-hydrogen) atoms. The fraction of sp³-hybridized carbons (Fsp3) is 0.217. The van der Waals surface area contributed by atoms with Gasteiger partial charge >= 0.3 is 6.09 Å². The molecule has 0 aliphatic heterocycles. The first kappa shape index (κ1) is 22.1. The van der Waals surface area contributed by atoms with Crippen LogP contribution in [-0.2, 0) is 4.74 Å². The van der Waals surface area contributed by atoms with Gasteiger partial charge in [-0.3, -0.25) is 9.78 Å². The van der Waals surface area contributed by atoms with E-state index < -0.39 is 6.09 Å². The summed E-state index contributed by atoms with van der Waals surface area (Å²) in [5.41, 5.74) is 4.57. The van der Waals surface area contributed by atoms with E-state index in [0.717, 1.165) is 16.9 Å². The van der Waals surface area contributed by atoms with Crippen molar-refractivity contribution in [1.29, 1.82) is 5.26 Å². The maximum absolute atomic E-state index is 12.6. The number of ether oxygens (including phenoxy) is 1. The molecule has 0 spiro atoms. The summed E-state index contributed by atoms with van der Waals surface area (Å²) in [5.74, 6) is 5.67. The predicted octanol–water partition coefficient (Wildman–Crippen LogP) is 3.83. The number of carbonyl (C=O) groups is 2. The zero-order valence-electron chi connectivity index (χ0n) is 17.3. The molecular weight excluding hydrogens is 460 g/mol. The summed E-state index contributed by atoms with van der Waals surface area (Å²) in [5, 5.41) is 9.25. The molecule has 3 rings (SSSR count). The maximum Gasteiger partial charge on any atom is 0.410 e. The van der Waals surface area contributed by atoms with E-state index in [-0.39, 0.29) is 17.7 Å². The summed E-state index contributed by atoms with van der Waals surface area (Å²) in [7, 11) is 3.19. The Balaban J connectivity index is 2.08. The van der Waals surface area contributed by atoms with Gasteiger partial charge in [-0.25, -0.2) is 4.79 Å². The van der Waals surface area contributed by atoms with Crippen LogP contribution in [0.5, 0.6) is 0 Å². The Morgan fingerprint density at radius 1 is 1.23 bits per heavy atom. The second kappa shape index (κ2) is 9.46. The lowest BCUT2D eigenvalue weighted by molar-refractivity contribution is 0.102. The summed E-state index contributed by atoms with van der Waals surface area (Å²) in [6, 6.07) is 11.1. The molecule has 0 radical (unpaired) electrons. The van der Waals surface area contributed by atoms with Crippen LogP contribution >= 0.6 is 15.9 Å². The number of aromatic nitrogens is 2. The van der Waals surface area contributed by atoms with Gasteiger partial charge in [0.25, 0.3) is 0 Å². The molecule has 0 N–H and O–H groups in total. The monoisotopic (exact) mass is 478 g/mol. The minimum Gasteiger partial charge on any atom is -0.436 e. The number of rotatable bonds is 4. The van der Waals surface area contributed by atoms with Crippen LogP contribution in [0.2, 0.25) is 0 Å². The van der Waals surface area contributed by atoms with Crippen LogP contribution in [0.4, 0.5) is 4.79 Å². The van der Waals surface area contributed by atoms with Crippen LogP contribution in [0.15, 0.2) is 36.5 Å². The van der Waals surface area contributed by atoms with Crippen LogP contribution in [0, 0.1) is 30.1 Å². The summed E-state index contributed by atoms with van der Waals surface area (Å²) in [6.45, 7) is 1.82. The van der Waals surface area contributed by atoms with Crippen molar-refractivity contribution in [2.45, 2.75) is 6.92 Å². The smallest absolute Gasteiger partial charge is 0.410 e. The van der Waals surface area contributed by atoms with Gasteiger partial charge in [-0.05, 0) is 37.3 Å². The number of pyridine rings is 1. The topological polar surface area (TPSA) is 88.2 Å². The van der Waals surface area contributed by atoms with E-state index in [1.165, 1.54) is 4.90 Å². The Morgan fingerprint density at radius 3 is 2.55 bits per heavy atom. The van der Waals surface area contributed by atoms with Crippen molar-refractivity contribution in [3.05, 3.63) is 58.9 Å². The number of hydrogen-bond donors (Lipinski definition) is 0. The van der Waals surface area contributed by atoms with E-state index in [4.69, 9.17) is 10.00 Å². The first-order chi connectivity index (χ1) is 14.9. The minimum absolute atomic E-state index is 0.0436. The number of halogens is 1. The lowest BCUT2D eigenvalue weighted by atomic mass is 10.1. The third-order valence-corrected chi connectivity index (χ3v) is 5.07. The number of amides is 1. The van der Waals surface area contributed by atoms with Crippen molar-refractivity contribution in [1.82, 2.24) is 14.5 Å². The third kappa shape index (κ3) is 4.60. The van der Waals surface area contributed by atoms with Gasteiger partial charge in [0, 0.05) is 37.2 Å². The number of nitriles is 1. The standard InChI is InChI=1S/C23H19BrN4O3/c1-15-21(20(29)12-24)22-19(28(15)18-8-6-16(13-25)7-9-18)11-17(14-26-22)5-4-10-31-23(30)27(2)3/h6-9,11,14H,10,12H2,1-3H3. The first-order valence-corrected chi connectivity index (χ1v) is 10.4. The van der Waals surface area contributed by atoms with Crippen molar-refractivity contribution < 1.29 is 14.3 Å². The average molecular weight is 479 g/mol. The van der Waals surface area contributed by atoms with Crippen LogP contribution in [0.25, 0.3) is 16.7 Å². The molecule has 8 heteroatoms. The van der Waals surface area contributed by atoms with Gasteiger partial charge in [0.2, 0.25) is 0 Å². The van der Waals surface area contributed by atoms with E-state index in [1.54, 1.807) is 32.4 Å². The van der Waals surface area contributed by atoms with Crippen molar-refractivity contribution >= 4 is 38.8 Å². The maximum atomic E-state index is 12.6. The lowest BCUT2D eigenvalue weighted by Crippen LogP contribution is -2.22. The van der Waals surface area contributed by atoms with Crippen molar-refractivity contribution in [2.75, 3.05) is 26.0 Å². The number of fused-ring (bicyclic) bond motifs is 1. The molecule has 0 bridgehead atoms. The molecule has 3 aromatic rings. The molecule has 0 saturated carbocycles. The van der Waals surface area contributed by atoms with Crippen molar-refractivity contribution in [3.63, 3.8) is 0 Å². The van der Waals surface area contributed by atoms with Gasteiger partial charge in [-0.2, -0.15) is 5.26 Å². The summed E-state index contributed by atoms with van der Waals surface area (Å²) < 4.78 is 6.94. The highest BCUT2D eigenvalue weighted by Gasteiger charge is 2.21. The quantitative estimate of drug-likeness (QED) is 0.323. The highest BCUT2D eigenvalue weighted by molar-refractivity contribution is 9.09. The zero-order valence-corrected chi connectivity index (χ0v) is 18.9. The van der Waals surface area contributed by atoms with Crippen LogP contribution in [0.1, 0.15) is 27.2 Å². The number of alkyl halides is 1. The largest absolute Gasteiger partial charge is 0.436 e. The molecule has 7 nitrogen and oxygen atoms in total. The molecule has 2 heterocycles. The molecule has 0 aliphatic carbocycles. The molecule has 0 aliphatic rings. The van der Waals surface area contributed by atoms with E-state index in [1.807, 2.05) is 29.7 Å². The van der Waals surface area contributed by atoms with Gasteiger partial charge in [-0.1, -0.05) is 27.8 Å². The van der Waals surface area contributed by atoms with Crippen molar-refractivity contribution in [3.8, 4) is 23.6 Å². The number of carbonyl (C=O) groups excluding carboxylic acids is 2. The lowest BCUT2D eigenvalue weighted by Gasteiger charge is -2.09. The number of nitrogens with zero attached hydrogens (tertiary/aromatic N) is 4. The van der Waals surface area contributed by atoms with Crippen LogP contribution in [0.3, 0.4) is 0 Å². The molecule has 1 amide bonds. The molecular formula is C23H19BrN4O3. The van der Waals surface area contributed by atoms with Gasteiger partial charge in [-0.15, -0.1) is 0 Å². The third-order valence-electron chi connectivity index (χ3n) is 4.56. The fourth-order valence-electron chi connectivity index (χ4n) is 3.13. The number of ketones is 1. The van der Waals surface area contributed by atoms with E-state index >= 15 is 0 Å². The number of hydrogen-bond acceptors (Lipinski definition) is 5. The van der Waals surface area contributed by atoms with Gasteiger partial charge in [0.1, 0.15) is 0 Å². The Bertz CT molecular complexity index is 1260. The van der Waals surface area contributed by atoms with Crippen LogP contribution < -0.4 is 0 Å². The normalized spacial score (nSPS) is 10.2. The summed E-state index contributed by atoms with van der Waals surface area (Å²) in [6.07, 6.45) is 1.13. The molecule has 0 saturated heterocycles. The van der Waals surface area contributed by atoms with Gasteiger partial charge in [0.05, 0.1) is 33.6 Å². The first-order valence-electron chi connectivity index (χ1n) is 9.31. The predicted molar refractivity (Wildman–Crippen MR) is 121 cm³/mol. The Kier molecular flexibility index (Phi) is 6.74.